The van der Waals surface area contributed by atoms with E-state index < -0.39 is 0 Å². The molecule has 130 valence electrons. The van der Waals surface area contributed by atoms with E-state index in [4.69, 9.17) is 4.98 Å². The summed E-state index contributed by atoms with van der Waals surface area (Å²) >= 11 is 2.92. The molecule has 1 aromatic carbocycles. The average molecular weight is 374 g/mol. The second kappa shape index (κ2) is 6.68. The van der Waals surface area contributed by atoms with Crippen molar-refractivity contribution in [1.29, 1.82) is 0 Å². The molecule has 4 rings (SSSR count). The molecule has 1 amide bonds. The summed E-state index contributed by atoms with van der Waals surface area (Å²) in [6.45, 7) is 7.01. The van der Waals surface area contributed by atoms with Gasteiger partial charge in [-0.25, -0.2) is 4.98 Å². The first kappa shape index (κ1) is 16.4. The number of benzene rings is 1. The van der Waals surface area contributed by atoms with Gasteiger partial charge in [-0.05, 0) is 42.6 Å². The zero-order chi connectivity index (χ0) is 17.4. The summed E-state index contributed by atoms with van der Waals surface area (Å²) in [5.41, 5.74) is 3.11. The number of piperazine rings is 1. The van der Waals surface area contributed by atoms with Crippen LogP contribution in [-0.4, -0.2) is 51.6 Å². The van der Waals surface area contributed by atoms with E-state index >= 15 is 0 Å². The van der Waals surface area contributed by atoms with Crippen LogP contribution in [0.5, 0.6) is 0 Å². The first-order valence-electron chi connectivity index (χ1n) is 8.38. The molecule has 2 aromatic heterocycles. The molecule has 1 fully saturated rings. The third-order valence-electron chi connectivity index (χ3n) is 4.53. The summed E-state index contributed by atoms with van der Waals surface area (Å²) in [5, 5.41) is 4.98. The first-order valence-corrected chi connectivity index (χ1v) is 9.97. The Hall–Kier alpha value is -2.06. The number of aromatic nitrogens is 3. The topological polar surface area (TPSA) is 62.2 Å². The number of carbonyl (C=O) groups excluding carboxylic acids is 1. The highest BCUT2D eigenvalue weighted by Gasteiger charge is 2.26. The van der Waals surface area contributed by atoms with Gasteiger partial charge in [0.25, 0.3) is 5.91 Å². The summed E-state index contributed by atoms with van der Waals surface area (Å²) < 4.78 is 5.10. The molecular weight excluding hydrogens is 354 g/mol. The summed E-state index contributed by atoms with van der Waals surface area (Å²) in [6, 6.07) is 6.48. The maximum absolute atomic E-state index is 12.6. The fourth-order valence-electron chi connectivity index (χ4n) is 2.98. The van der Waals surface area contributed by atoms with Crippen LogP contribution in [0.25, 0.3) is 10.2 Å². The SMILES string of the molecule is CCc1ccc2nc(N3CCN(C(=O)c4snnc4C)CC3)sc2c1. The van der Waals surface area contributed by atoms with Crippen molar-refractivity contribution >= 4 is 44.1 Å². The van der Waals surface area contributed by atoms with Gasteiger partial charge >= 0.3 is 0 Å². The number of rotatable bonds is 3. The largest absolute Gasteiger partial charge is 0.345 e. The minimum absolute atomic E-state index is 0.0454. The van der Waals surface area contributed by atoms with Crippen LogP contribution in [0.1, 0.15) is 27.9 Å². The average Bonchev–Trinajstić information content (AvgIpc) is 3.26. The van der Waals surface area contributed by atoms with Gasteiger partial charge in [-0.2, -0.15) is 0 Å². The summed E-state index contributed by atoms with van der Waals surface area (Å²) in [5.74, 6) is 0.0454. The van der Waals surface area contributed by atoms with Crippen molar-refractivity contribution in [2.45, 2.75) is 20.3 Å². The molecule has 1 saturated heterocycles. The molecule has 3 aromatic rings. The zero-order valence-corrected chi connectivity index (χ0v) is 15.9. The molecule has 1 aliphatic rings. The normalized spacial score (nSPS) is 15.1. The predicted molar refractivity (Wildman–Crippen MR) is 102 cm³/mol. The van der Waals surface area contributed by atoms with E-state index in [1.807, 2.05) is 11.8 Å². The molecule has 0 bridgehead atoms. The van der Waals surface area contributed by atoms with Gasteiger partial charge in [-0.1, -0.05) is 28.8 Å². The monoisotopic (exact) mass is 373 g/mol. The van der Waals surface area contributed by atoms with Crippen molar-refractivity contribution in [3.63, 3.8) is 0 Å². The molecule has 0 N–H and O–H groups in total. The lowest BCUT2D eigenvalue weighted by molar-refractivity contribution is 0.0750. The molecule has 0 unspecified atom stereocenters. The Balaban J connectivity index is 1.46. The van der Waals surface area contributed by atoms with E-state index in [0.717, 1.165) is 35.9 Å². The van der Waals surface area contributed by atoms with Gasteiger partial charge in [0.1, 0.15) is 4.88 Å². The molecule has 8 heteroatoms. The fraction of sp³-hybridized carbons (Fsp3) is 0.412. The Labute approximate surface area is 154 Å². The van der Waals surface area contributed by atoms with Crippen LogP contribution in [-0.2, 0) is 6.42 Å². The van der Waals surface area contributed by atoms with Gasteiger partial charge in [-0.3, -0.25) is 4.79 Å². The lowest BCUT2D eigenvalue weighted by Crippen LogP contribution is -2.48. The molecule has 0 aliphatic carbocycles. The van der Waals surface area contributed by atoms with Crippen LogP contribution in [0.15, 0.2) is 18.2 Å². The van der Waals surface area contributed by atoms with E-state index in [9.17, 15) is 4.79 Å². The summed E-state index contributed by atoms with van der Waals surface area (Å²) in [6.07, 6.45) is 1.04. The van der Waals surface area contributed by atoms with Crippen molar-refractivity contribution in [2.24, 2.45) is 0 Å². The highest BCUT2D eigenvalue weighted by molar-refractivity contribution is 7.22. The first-order chi connectivity index (χ1) is 12.2. The fourth-order valence-corrected chi connectivity index (χ4v) is 4.69. The minimum Gasteiger partial charge on any atom is -0.345 e. The van der Waals surface area contributed by atoms with E-state index in [1.54, 1.807) is 11.3 Å². The van der Waals surface area contributed by atoms with Gasteiger partial charge < -0.3 is 9.80 Å². The maximum atomic E-state index is 12.6. The van der Waals surface area contributed by atoms with Gasteiger partial charge in [0.05, 0.1) is 15.9 Å². The third kappa shape index (κ3) is 3.11. The third-order valence-corrected chi connectivity index (χ3v) is 6.43. The number of nitrogens with zero attached hydrogens (tertiary/aromatic N) is 5. The van der Waals surface area contributed by atoms with Crippen molar-refractivity contribution in [3.05, 3.63) is 34.3 Å². The molecular formula is C17H19N5OS2. The van der Waals surface area contributed by atoms with E-state index in [1.165, 1.54) is 21.8 Å². The lowest BCUT2D eigenvalue weighted by atomic mass is 10.2. The summed E-state index contributed by atoms with van der Waals surface area (Å²) in [7, 11) is 0. The molecule has 0 radical (unpaired) electrons. The van der Waals surface area contributed by atoms with Crippen LogP contribution in [0.4, 0.5) is 5.13 Å². The Morgan fingerprint density at radius 1 is 1.24 bits per heavy atom. The lowest BCUT2D eigenvalue weighted by Gasteiger charge is -2.34. The Kier molecular flexibility index (Phi) is 4.39. The number of fused-ring (bicyclic) bond motifs is 1. The second-order valence-corrected chi connectivity index (χ2v) is 7.88. The number of hydrogen-bond acceptors (Lipinski definition) is 7. The van der Waals surface area contributed by atoms with E-state index in [-0.39, 0.29) is 5.91 Å². The van der Waals surface area contributed by atoms with E-state index in [2.05, 4.69) is 39.6 Å². The van der Waals surface area contributed by atoms with Crippen molar-refractivity contribution < 1.29 is 4.79 Å². The second-order valence-electron chi connectivity index (χ2n) is 6.12. The molecule has 0 atom stereocenters. The molecule has 0 spiro atoms. The Morgan fingerprint density at radius 2 is 2.04 bits per heavy atom. The quantitative estimate of drug-likeness (QED) is 0.706. The van der Waals surface area contributed by atoms with E-state index in [0.29, 0.717) is 18.0 Å². The molecule has 6 nitrogen and oxygen atoms in total. The van der Waals surface area contributed by atoms with Gasteiger partial charge in [0, 0.05) is 26.2 Å². The van der Waals surface area contributed by atoms with Gasteiger partial charge in [0.15, 0.2) is 5.13 Å². The van der Waals surface area contributed by atoms with Crippen LogP contribution < -0.4 is 4.90 Å². The highest BCUT2D eigenvalue weighted by atomic mass is 32.1. The van der Waals surface area contributed by atoms with Crippen molar-refractivity contribution in [2.75, 3.05) is 31.1 Å². The molecule has 3 heterocycles. The van der Waals surface area contributed by atoms with Gasteiger partial charge in [0.2, 0.25) is 0 Å². The number of amides is 1. The smallest absolute Gasteiger partial charge is 0.267 e. The zero-order valence-electron chi connectivity index (χ0n) is 14.2. The number of anilines is 1. The number of carbonyl (C=O) groups is 1. The maximum Gasteiger partial charge on any atom is 0.267 e. The predicted octanol–water partition coefficient (Wildman–Crippen LogP) is 2.98. The van der Waals surface area contributed by atoms with Crippen LogP contribution in [0.3, 0.4) is 0 Å². The number of hydrogen-bond donors (Lipinski definition) is 0. The van der Waals surface area contributed by atoms with Crippen LogP contribution >= 0.6 is 22.9 Å². The molecule has 1 aliphatic heterocycles. The number of thiazole rings is 1. The van der Waals surface area contributed by atoms with Crippen LogP contribution in [0, 0.1) is 6.92 Å². The highest BCUT2D eigenvalue weighted by Crippen LogP contribution is 2.30. The van der Waals surface area contributed by atoms with Gasteiger partial charge in [-0.15, -0.1) is 5.10 Å². The summed E-state index contributed by atoms with van der Waals surface area (Å²) in [4.78, 5) is 22.1. The molecule has 25 heavy (non-hydrogen) atoms. The molecule has 0 saturated carbocycles. The number of aryl methyl sites for hydroxylation is 2. The van der Waals surface area contributed by atoms with Crippen molar-refractivity contribution in [3.8, 4) is 0 Å². The standard InChI is InChI=1S/C17H19N5OS2/c1-3-12-4-5-13-14(10-12)24-17(18-13)22-8-6-21(7-9-22)16(23)15-11(2)19-20-25-15/h4-5,10H,3,6-9H2,1-2H3. The Morgan fingerprint density at radius 3 is 2.72 bits per heavy atom. The minimum atomic E-state index is 0.0454. The van der Waals surface area contributed by atoms with Crippen LogP contribution in [0.2, 0.25) is 0 Å². The van der Waals surface area contributed by atoms with Crippen molar-refractivity contribution in [1.82, 2.24) is 19.5 Å². The Bertz CT molecular complexity index is 911.